The molecule has 1 aromatic carbocycles. The third-order valence-corrected chi connectivity index (χ3v) is 5.41. The van der Waals surface area contributed by atoms with Crippen LogP contribution in [-0.4, -0.2) is 61.3 Å². The molecule has 0 aromatic heterocycles. The molecule has 2 fully saturated rings. The molecule has 2 aliphatic heterocycles. The van der Waals surface area contributed by atoms with Crippen LogP contribution in [0, 0.1) is 11.2 Å². The molecule has 2 aliphatic rings. The number of likely N-dealkylation sites (tertiary alicyclic amines) is 2. The van der Waals surface area contributed by atoms with E-state index in [1.165, 1.54) is 12.1 Å². The van der Waals surface area contributed by atoms with Gasteiger partial charge in [0.2, 0.25) is 0 Å². The van der Waals surface area contributed by atoms with E-state index in [1.54, 1.807) is 13.2 Å². The van der Waals surface area contributed by atoms with E-state index in [0.29, 0.717) is 5.75 Å². The molecule has 0 amide bonds. The van der Waals surface area contributed by atoms with Crippen LogP contribution < -0.4 is 4.74 Å². The molecule has 1 N–H and O–H groups in total. The average molecular weight is 322 g/mol. The first-order valence-corrected chi connectivity index (χ1v) is 8.44. The monoisotopic (exact) mass is 322 g/mol. The molecule has 1 spiro atoms. The fourth-order valence-corrected chi connectivity index (χ4v) is 4.25. The first-order valence-electron chi connectivity index (χ1n) is 8.44. The molecule has 2 saturated heterocycles. The molecule has 5 heteroatoms. The minimum Gasteiger partial charge on any atom is -0.496 e. The Kier molecular flexibility index (Phi) is 4.90. The van der Waals surface area contributed by atoms with Crippen LogP contribution in [0.2, 0.25) is 0 Å². The van der Waals surface area contributed by atoms with E-state index in [9.17, 15) is 9.50 Å². The van der Waals surface area contributed by atoms with Crippen LogP contribution in [-0.2, 0) is 6.54 Å². The van der Waals surface area contributed by atoms with Crippen molar-refractivity contribution in [2.24, 2.45) is 5.41 Å². The van der Waals surface area contributed by atoms with Crippen LogP contribution in [0.4, 0.5) is 4.39 Å². The molecular formula is C18H27FN2O2. The van der Waals surface area contributed by atoms with E-state index in [1.807, 2.05) is 0 Å². The van der Waals surface area contributed by atoms with Gasteiger partial charge in [-0.2, -0.15) is 0 Å². The summed E-state index contributed by atoms with van der Waals surface area (Å²) in [5.41, 5.74) is 0.975. The maximum atomic E-state index is 13.4. The summed E-state index contributed by atoms with van der Waals surface area (Å²) in [6.07, 6.45) is 2.80. The second-order valence-corrected chi connectivity index (χ2v) is 7.18. The quantitative estimate of drug-likeness (QED) is 0.925. The van der Waals surface area contributed by atoms with Gasteiger partial charge in [0.15, 0.2) is 0 Å². The van der Waals surface area contributed by atoms with Crippen molar-refractivity contribution in [1.82, 2.24) is 9.80 Å². The molecule has 2 atom stereocenters. The topological polar surface area (TPSA) is 35.9 Å². The number of ether oxygens (including phenoxy) is 1. The number of rotatable bonds is 3. The lowest BCUT2D eigenvalue weighted by atomic mass is 9.71. The van der Waals surface area contributed by atoms with Crippen molar-refractivity contribution in [3.8, 4) is 5.75 Å². The Balaban J connectivity index is 1.74. The number of benzene rings is 1. The van der Waals surface area contributed by atoms with E-state index >= 15 is 0 Å². The molecule has 0 saturated carbocycles. The summed E-state index contributed by atoms with van der Waals surface area (Å²) >= 11 is 0. The molecule has 0 bridgehead atoms. The zero-order valence-electron chi connectivity index (χ0n) is 14.1. The van der Waals surface area contributed by atoms with Gasteiger partial charge < -0.3 is 14.7 Å². The Bertz CT molecular complexity index is 554. The van der Waals surface area contributed by atoms with Gasteiger partial charge >= 0.3 is 0 Å². The minimum absolute atomic E-state index is 0.0293. The van der Waals surface area contributed by atoms with Crippen molar-refractivity contribution in [3.05, 3.63) is 29.6 Å². The Morgan fingerprint density at radius 1 is 1.35 bits per heavy atom. The first-order chi connectivity index (χ1) is 11.0. The largest absolute Gasteiger partial charge is 0.496 e. The van der Waals surface area contributed by atoms with Gasteiger partial charge in [0, 0.05) is 43.2 Å². The van der Waals surface area contributed by atoms with Crippen LogP contribution in [0.15, 0.2) is 18.2 Å². The van der Waals surface area contributed by atoms with Gasteiger partial charge in [-0.1, -0.05) is 6.07 Å². The summed E-state index contributed by atoms with van der Waals surface area (Å²) in [7, 11) is 3.71. The standard InChI is InChI=1S/C18H27FN2O2/c1-20-9-6-17(22)18(12-20)7-3-8-21(13-18)11-14-4-5-15(19)10-16(14)23-2/h4-5,10,17,22H,3,6-9,11-13H2,1-2H3/t17-,18-/m0/s1. The lowest BCUT2D eigenvalue weighted by Gasteiger charge is -2.50. The van der Waals surface area contributed by atoms with Crippen molar-refractivity contribution in [3.63, 3.8) is 0 Å². The highest BCUT2D eigenvalue weighted by Crippen LogP contribution is 2.39. The van der Waals surface area contributed by atoms with E-state index < -0.39 is 0 Å². The molecule has 23 heavy (non-hydrogen) atoms. The predicted molar refractivity (Wildman–Crippen MR) is 88.0 cm³/mol. The van der Waals surface area contributed by atoms with Gasteiger partial charge in [0.05, 0.1) is 13.2 Å². The van der Waals surface area contributed by atoms with Crippen LogP contribution in [0.5, 0.6) is 5.75 Å². The van der Waals surface area contributed by atoms with Crippen molar-refractivity contribution in [2.45, 2.75) is 31.9 Å². The predicted octanol–water partition coefficient (Wildman–Crippen LogP) is 2.11. The molecule has 4 nitrogen and oxygen atoms in total. The van der Waals surface area contributed by atoms with Crippen molar-refractivity contribution < 1.29 is 14.2 Å². The molecule has 128 valence electrons. The van der Waals surface area contributed by atoms with Crippen molar-refractivity contribution in [2.75, 3.05) is 40.3 Å². The van der Waals surface area contributed by atoms with Gasteiger partial charge in [-0.05, 0) is 38.9 Å². The van der Waals surface area contributed by atoms with Crippen LogP contribution in [0.25, 0.3) is 0 Å². The highest BCUT2D eigenvalue weighted by molar-refractivity contribution is 5.34. The summed E-state index contributed by atoms with van der Waals surface area (Å²) in [6, 6.07) is 4.73. The summed E-state index contributed by atoms with van der Waals surface area (Å²) in [5.74, 6) is 0.330. The first kappa shape index (κ1) is 16.7. The zero-order valence-corrected chi connectivity index (χ0v) is 14.1. The summed E-state index contributed by atoms with van der Waals surface area (Å²) < 4.78 is 18.7. The summed E-state index contributed by atoms with van der Waals surface area (Å²) in [4.78, 5) is 4.70. The van der Waals surface area contributed by atoms with Crippen LogP contribution in [0.1, 0.15) is 24.8 Å². The minimum atomic E-state index is -0.273. The summed E-state index contributed by atoms with van der Waals surface area (Å²) in [6.45, 7) is 4.55. The number of aliphatic hydroxyl groups is 1. The number of hydrogen-bond acceptors (Lipinski definition) is 4. The van der Waals surface area contributed by atoms with Crippen molar-refractivity contribution in [1.29, 1.82) is 0 Å². The third kappa shape index (κ3) is 3.52. The molecular weight excluding hydrogens is 295 g/mol. The third-order valence-electron chi connectivity index (χ3n) is 5.41. The molecule has 0 unspecified atom stereocenters. The van der Waals surface area contributed by atoms with Gasteiger partial charge in [-0.25, -0.2) is 4.39 Å². The Hall–Kier alpha value is -1.17. The molecule has 1 aromatic rings. The SMILES string of the molecule is COc1cc(F)ccc1CN1CCC[C@]2(CN(C)CC[C@@H]2O)C1. The number of aliphatic hydroxyl groups excluding tert-OH is 1. The smallest absolute Gasteiger partial charge is 0.126 e. The van der Waals surface area contributed by atoms with Gasteiger partial charge in [0.25, 0.3) is 0 Å². The normalized spacial score (nSPS) is 29.8. The fourth-order valence-electron chi connectivity index (χ4n) is 4.25. The van der Waals surface area contributed by atoms with E-state index in [-0.39, 0.29) is 17.3 Å². The van der Waals surface area contributed by atoms with E-state index in [4.69, 9.17) is 4.74 Å². The number of nitrogens with zero attached hydrogens (tertiary/aromatic N) is 2. The van der Waals surface area contributed by atoms with Crippen molar-refractivity contribution >= 4 is 0 Å². The molecule has 0 aliphatic carbocycles. The number of halogens is 1. The molecule has 3 rings (SSSR count). The second kappa shape index (κ2) is 6.75. The highest BCUT2D eigenvalue weighted by atomic mass is 19.1. The molecule has 2 heterocycles. The zero-order chi connectivity index (χ0) is 16.4. The maximum absolute atomic E-state index is 13.4. The van der Waals surface area contributed by atoms with E-state index in [0.717, 1.165) is 57.5 Å². The number of piperidine rings is 2. The van der Waals surface area contributed by atoms with E-state index in [2.05, 4.69) is 16.8 Å². The second-order valence-electron chi connectivity index (χ2n) is 7.18. The van der Waals surface area contributed by atoms with Gasteiger partial charge in [0.1, 0.15) is 11.6 Å². The Morgan fingerprint density at radius 3 is 2.96 bits per heavy atom. The van der Waals surface area contributed by atoms with Crippen LogP contribution >= 0.6 is 0 Å². The fraction of sp³-hybridized carbons (Fsp3) is 0.667. The lowest BCUT2D eigenvalue weighted by molar-refractivity contribution is -0.0808. The highest BCUT2D eigenvalue weighted by Gasteiger charge is 2.44. The number of methoxy groups -OCH3 is 1. The van der Waals surface area contributed by atoms with Crippen LogP contribution in [0.3, 0.4) is 0 Å². The Labute approximate surface area is 137 Å². The number of hydrogen-bond donors (Lipinski definition) is 1. The maximum Gasteiger partial charge on any atom is 0.126 e. The van der Waals surface area contributed by atoms with Gasteiger partial charge in [-0.3, -0.25) is 4.90 Å². The molecule has 0 radical (unpaired) electrons. The summed E-state index contributed by atoms with van der Waals surface area (Å²) in [5, 5.41) is 10.6. The average Bonchev–Trinajstić information content (AvgIpc) is 2.53. The van der Waals surface area contributed by atoms with Gasteiger partial charge in [-0.15, -0.1) is 0 Å². The Morgan fingerprint density at radius 2 is 2.17 bits per heavy atom. The lowest BCUT2D eigenvalue weighted by Crippen LogP contribution is -2.58.